The lowest BCUT2D eigenvalue weighted by molar-refractivity contribution is -0.127. The van der Waals surface area contributed by atoms with Gasteiger partial charge in [0, 0.05) is 17.1 Å². The average Bonchev–Trinajstić information content (AvgIpc) is 2.83. The van der Waals surface area contributed by atoms with Gasteiger partial charge in [-0.3, -0.25) is 24.0 Å². The van der Waals surface area contributed by atoms with Crippen LogP contribution in [0.3, 0.4) is 0 Å². The van der Waals surface area contributed by atoms with E-state index >= 15 is 0 Å². The SMILES string of the molecule is CCCCn1c(N)c(N(Cc2ccccc2OC)C(=O)C2(c3ccc(Cl)cc3)CCC2)c(=O)[nH]c1=O. The molecule has 1 saturated carbocycles. The van der Waals surface area contributed by atoms with Crippen molar-refractivity contribution in [1.29, 1.82) is 0 Å². The van der Waals surface area contributed by atoms with Crippen molar-refractivity contribution in [3.8, 4) is 5.75 Å². The predicted molar refractivity (Wildman–Crippen MR) is 142 cm³/mol. The first-order chi connectivity index (χ1) is 17.3. The summed E-state index contributed by atoms with van der Waals surface area (Å²) in [6, 6.07) is 14.6. The molecule has 36 heavy (non-hydrogen) atoms. The summed E-state index contributed by atoms with van der Waals surface area (Å²) in [6.07, 6.45) is 3.67. The fourth-order valence-electron chi connectivity index (χ4n) is 4.82. The van der Waals surface area contributed by atoms with Gasteiger partial charge < -0.3 is 10.5 Å². The van der Waals surface area contributed by atoms with Crippen LogP contribution in [0.4, 0.5) is 11.5 Å². The predicted octanol–water partition coefficient (Wildman–Crippen LogP) is 4.24. The summed E-state index contributed by atoms with van der Waals surface area (Å²) >= 11 is 6.11. The molecule has 0 spiro atoms. The minimum atomic E-state index is -0.824. The Labute approximate surface area is 214 Å². The highest BCUT2D eigenvalue weighted by Gasteiger charge is 2.49. The van der Waals surface area contributed by atoms with Gasteiger partial charge in [0.1, 0.15) is 11.6 Å². The van der Waals surface area contributed by atoms with Crippen LogP contribution in [0.15, 0.2) is 58.1 Å². The second-order valence-corrected chi connectivity index (χ2v) is 9.58. The zero-order valence-corrected chi connectivity index (χ0v) is 21.3. The standard InChI is InChI=1S/C27H31ClN4O4/c1-3-4-16-31-23(29)22(24(33)30-26(31)35)32(17-18-8-5-6-9-21(18)36-2)25(34)27(14-7-15-27)19-10-12-20(28)13-11-19/h5-6,8-13H,3-4,7,14-17,29H2,1-2H3,(H,30,33,35). The van der Waals surface area contributed by atoms with E-state index in [-0.39, 0.29) is 24.0 Å². The third-order valence-corrected chi connectivity index (χ3v) is 7.25. The number of anilines is 2. The van der Waals surface area contributed by atoms with Gasteiger partial charge >= 0.3 is 5.69 Å². The molecule has 9 heteroatoms. The van der Waals surface area contributed by atoms with Crippen molar-refractivity contribution >= 4 is 29.0 Å². The van der Waals surface area contributed by atoms with Gasteiger partial charge in [0.2, 0.25) is 5.91 Å². The number of nitrogens with zero attached hydrogens (tertiary/aromatic N) is 2. The summed E-state index contributed by atoms with van der Waals surface area (Å²) in [4.78, 5) is 44.0. The third-order valence-electron chi connectivity index (χ3n) is 7.00. The van der Waals surface area contributed by atoms with Gasteiger partial charge in [-0.05, 0) is 43.0 Å². The molecular weight excluding hydrogens is 480 g/mol. The highest BCUT2D eigenvalue weighted by Crippen LogP contribution is 2.46. The van der Waals surface area contributed by atoms with Gasteiger partial charge in [0.05, 0.1) is 19.1 Å². The van der Waals surface area contributed by atoms with Crippen LogP contribution >= 0.6 is 11.6 Å². The van der Waals surface area contributed by atoms with Gasteiger partial charge in [-0.15, -0.1) is 0 Å². The average molecular weight is 511 g/mol. The van der Waals surface area contributed by atoms with E-state index in [0.29, 0.717) is 42.1 Å². The first-order valence-electron chi connectivity index (χ1n) is 12.1. The molecular formula is C27H31ClN4O4. The Morgan fingerprint density at radius 1 is 1.17 bits per heavy atom. The number of nitrogens with two attached hydrogens (primary N) is 1. The van der Waals surface area contributed by atoms with Crippen LogP contribution in [0, 0.1) is 0 Å². The van der Waals surface area contributed by atoms with E-state index in [1.807, 2.05) is 37.3 Å². The number of ether oxygens (including phenoxy) is 1. The number of nitrogens with one attached hydrogen (secondary N) is 1. The number of methoxy groups -OCH3 is 1. The van der Waals surface area contributed by atoms with Gasteiger partial charge in [0.15, 0.2) is 5.69 Å². The Balaban J connectivity index is 1.89. The lowest BCUT2D eigenvalue weighted by Crippen LogP contribution is -2.53. The van der Waals surface area contributed by atoms with Crippen LogP contribution in [0.5, 0.6) is 5.75 Å². The number of aromatic nitrogens is 2. The molecule has 4 rings (SSSR count). The molecule has 0 saturated heterocycles. The van der Waals surface area contributed by atoms with Crippen molar-refractivity contribution in [3.63, 3.8) is 0 Å². The van der Waals surface area contributed by atoms with Crippen LogP contribution in [-0.4, -0.2) is 22.6 Å². The molecule has 2 aromatic carbocycles. The van der Waals surface area contributed by atoms with E-state index in [9.17, 15) is 14.4 Å². The molecule has 1 aliphatic carbocycles. The smallest absolute Gasteiger partial charge is 0.330 e. The molecule has 3 N–H and O–H groups in total. The minimum Gasteiger partial charge on any atom is -0.496 e. The number of hydrogen-bond donors (Lipinski definition) is 2. The Kier molecular flexibility index (Phi) is 7.54. The fraction of sp³-hybridized carbons (Fsp3) is 0.370. The number of para-hydroxylation sites is 1. The lowest BCUT2D eigenvalue weighted by Gasteiger charge is -2.44. The van der Waals surface area contributed by atoms with E-state index in [0.717, 1.165) is 18.4 Å². The summed E-state index contributed by atoms with van der Waals surface area (Å²) in [5.41, 5.74) is 5.87. The molecule has 0 atom stereocenters. The number of benzene rings is 2. The molecule has 0 bridgehead atoms. The van der Waals surface area contributed by atoms with Gasteiger partial charge in [0.25, 0.3) is 5.56 Å². The van der Waals surface area contributed by atoms with Crippen LogP contribution in [0.2, 0.25) is 5.02 Å². The number of nitrogen functional groups attached to an aromatic ring is 1. The number of amides is 1. The van der Waals surface area contributed by atoms with E-state index in [1.54, 1.807) is 25.3 Å². The maximum atomic E-state index is 14.4. The second kappa shape index (κ2) is 10.6. The number of carbonyl (C=O) groups is 1. The highest BCUT2D eigenvalue weighted by molar-refractivity contribution is 6.30. The van der Waals surface area contributed by atoms with Crippen molar-refractivity contribution in [2.75, 3.05) is 17.7 Å². The molecule has 3 aromatic rings. The molecule has 0 aliphatic heterocycles. The third kappa shape index (κ3) is 4.65. The molecule has 1 fully saturated rings. The summed E-state index contributed by atoms with van der Waals surface area (Å²) in [6.45, 7) is 2.39. The monoisotopic (exact) mass is 510 g/mol. The maximum Gasteiger partial charge on any atom is 0.330 e. The lowest BCUT2D eigenvalue weighted by atomic mass is 9.63. The molecule has 1 aliphatic rings. The number of rotatable bonds is 9. The van der Waals surface area contributed by atoms with Crippen LogP contribution in [-0.2, 0) is 23.3 Å². The summed E-state index contributed by atoms with van der Waals surface area (Å²) in [5, 5.41) is 0.579. The zero-order valence-electron chi connectivity index (χ0n) is 20.6. The summed E-state index contributed by atoms with van der Waals surface area (Å²) < 4.78 is 6.85. The number of aromatic amines is 1. The number of H-pyrrole nitrogens is 1. The van der Waals surface area contributed by atoms with E-state index in [2.05, 4.69) is 4.98 Å². The van der Waals surface area contributed by atoms with Crippen molar-refractivity contribution in [3.05, 3.63) is 85.5 Å². The molecule has 1 heterocycles. The quantitative estimate of drug-likeness (QED) is 0.447. The molecule has 0 unspecified atom stereocenters. The fourth-order valence-corrected chi connectivity index (χ4v) is 4.94. The van der Waals surface area contributed by atoms with Crippen LogP contribution in [0.25, 0.3) is 0 Å². The summed E-state index contributed by atoms with van der Waals surface area (Å²) in [5.74, 6) is 0.310. The van der Waals surface area contributed by atoms with Crippen molar-refractivity contribution < 1.29 is 9.53 Å². The number of carbonyl (C=O) groups excluding carboxylic acids is 1. The topological polar surface area (TPSA) is 110 Å². The molecule has 0 radical (unpaired) electrons. The highest BCUT2D eigenvalue weighted by atomic mass is 35.5. The van der Waals surface area contributed by atoms with Gasteiger partial charge in [-0.2, -0.15) is 0 Å². The number of hydrogen-bond acceptors (Lipinski definition) is 5. The van der Waals surface area contributed by atoms with E-state index < -0.39 is 16.7 Å². The Hall–Kier alpha value is -3.52. The molecule has 1 aromatic heterocycles. The normalized spacial score (nSPS) is 14.2. The van der Waals surface area contributed by atoms with Crippen LogP contribution in [0.1, 0.15) is 50.2 Å². The first kappa shape index (κ1) is 25.6. The van der Waals surface area contributed by atoms with Gasteiger partial charge in [-0.25, -0.2) is 4.79 Å². The largest absolute Gasteiger partial charge is 0.496 e. The number of unbranched alkanes of at least 4 members (excludes halogenated alkanes) is 1. The second-order valence-electron chi connectivity index (χ2n) is 9.14. The molecule has 1 amide bonds. The molecule has 8 nitrogen and oxygen atoms in total. The summed E-state index contributed by atoms with van der Waals surface area (Å²) in [7, 11) is 1.55. The Bertz CT molecular complexity index is 1360. The Morgan fingerprint density at radius 2 is 1.86 bits per heavy atom. The van der Waals surface area contributed by atoms with E-state index in [4.69, 9.17) is 22.1 Å². The zero-order chi connectivity index (χ0) is 25.9. The van der Waals surface area contributed by atoms with Crippen LogP contribution < -0.4 is 26.6 Å². The van der Waals surface area contributed by atoms with Crippen molar-refractivity contribution in [2.45, 2.75) is 57.5 Å². The first-order valence-corrected chi connectivity index (χ1v) is 12.5. The van der Waals surface area contributed by atoms with Crippen molar-refractivity contribution in [2.24, 2.45) is 0 Å². The Morgan fingerprint density at radius 3 is 2.47 bits per heavy atom. The molecule has 190 valence electrons. The maximum absolute atomic E-state index is 14.4. The van der Waals surface area contributed by atoms with E-state index in [1.165, 1.54) is 9.47 Å². The number of halogens is 1. The van der Waals surface area contributed by atoms with Gasteiger partial charge in [-0.1, -0.05) is 61.7 Å². The minimum absolute atomic E-state index is 0.0222. The van der Waals surface area contributed by atoms with Crippen molar-refractivity contribution in [1.82, 2.24) is 9.55 Å².